The van der Waals surface area contributed by atoms with Gasteiger partial charge in [0.05, 0.1) is 17.9 Å². The summed E-state index contributed by atoms with van der Waals surface area (Å²) < 4.78 is 5.51. The third kappa shape index (κ3) is 7.37. The summed E-state index contributed by atoms with van der Waals surface area (Å²) in [5, 5.41) is 4.78. The van der Waals surface area contributed by atoms with Crippen LogP contribution < -0.4 is 0 Å². The molecule has 3 rings (SSSR count). The number of carbonyl (C=O) groups excluding carboxylic acids is 2. The number of esters is 1. The predicted octanol–water partition coefficient (Wildman–Crippen LogP) is 4.90. The van der Waals surface area contributed by atoms with Gasteiger partial charge < -0.3 is 14.5 Å². The van der Waals surface area contributed by atoms with Gasteiger partial charge in [0.15, 0.2) is 6.61 Å². The van der Waals surface area contributed by atoms with E-state index in [-0.39, 0.29) is 12.5 Å². The van der Waals surface area contributed by atoms with Gasteiger partial charge in [0, 0.05) is 36.0 Å². The Morgan fingerprint density at radius 3 is 2.67 bits per heavy atom. The maximum absolute atomic E-state index is 12.9. The van der Waals surface area contributed by atoms with E-state index < -0.39 is 5.97 Å². The first-order valence-corrected chi connectivity index (χ1v) is 12.8. The molecule has 1 aromatic carbocycles. The van der Waals surface area contributed by atoms with Crippen molar-refractivity contribution in [2.24, 2.45) is 5.16 Å². The smallest absolute Gasteiger partial charge is 0.338 e. The van der Waals surface area contributed by atoms with E-state index in [0.29, 0.717) is 41.3 Å². The molecule has 8 heteroatoms. The third-order valence-electron chi connectivity index (χ3n) is 5.53. The van der Waals surface area contributed by atoms with Crippen molar-refractivity contribution >= 4 is 41.0 Å². The molecule has 1 amide bonds. The maximum atomic E-state index is 12.9. The zero-order valence-corrected chi connectivity index (χ0v) is 20.8. The minimum atomic E-state index is -0.391. The number of rotatable bonds is 3. The van der Waals surface area contributed by atoms with Crippen LogP contribution in [0.4, 0.5) is 0 Å². The number of nitrogens with zero attached hydrogens (tertiary/aromatic N) is 2. The highest BCUT2D eigenvalue weighted by molar-refractivity contribution is 7.99. The lowest BCUT2D eigenvalue weighted by atomic mass is 9.94. The fourth-order valence-electron chi connectivity index (χ4n) is 3.81. The van der Waals surface area contributed by atoms with E-state index in [1.807, 2.05) is 49.9 Å². The number of benzene rings is 1. The van der Waals surface area contributed by atoms with Crippen LogP contribution in [-0.2, 0) is 20.8 Å². The van der Waals surface area contributed by atoms with Gasteiger partial charge in [-0.2, -0.15) is 11.8 Å². The molecular formula is C25H31ClN2O4S. The highest BCUT2D eigenvalue weighted by atomic mass is 35.5. The molecule has 1 fully saturated rings. The van der Waals surface area contributed by atoms with Crippen LogP contribution in [0.2, 0.25) is 5.02 Å². The van der Waals surface area contributed by atoms with Crippen LogP contribution in [0.5, 0.6) is 0 Å². The first-order chi connectivity index (χ1) is 16.0. The van der Waals surface area contributed by atoms with Gasteiger partial charge in [-0.25, -0.2) is 4.79 Å². The first-order valence-electron chi connectivity index (χ1n) is 11.3. The number of aryl methyl sites for hydroxylation is 2. The molecule has 178 valence electrons. The van der Waals surface area contributed by atoms with Gasteiger partial charge in [0.1, 0.15) is 0 Å². The molecule has 2 heterocycles. The lowest BCUT2D eigenvalue weighted by molar-refractivity contribution is -0.135. The van der Waals surface area contributed by atoms with Gasteiger partial charge >= 0.3 is 5.97 Å². The van der Waals surface area contributed by atoms with E-state index in [4.69, 9.17) is 21.2 Å². The Morgan fingerprint density at radius 2 is 1.88 bits per heavy atom. The van der Waals surface area contributed by atoms with E-state index in [2.05, 4.69) is 11.2 Å². The lowest BCUT2D eigenvalue weighted by Gasteiger charge is -2.25. The zero-order valence-electron chi connectivity index (χ0n) is 19.3. The lowest BCUT2D eigenvalue weighted by Crippen LogP contribution is -2.39. The summed E-state index contributed by atoms with van der Waals surface area (Å²) in [6.45, 7) is 5.47. The Hall–Kier alpha value is -2.25. The quantitative estimate of drug-likeness (QED) is 0.342. The van der Waals surface area contributed by atoms with Crippen LogP contribution in [0.3, 0.4) is 0 Å². The molecular weight excluding hydrogens is 460 g/mol. The van der Waals surface area contributed by atoms with Gasteiger partial charge in [-0.3, -0.25) is 4.79 Å². The summed E-state index contributed by atoms with van der Waals surface area (Å²) in [4.78, 5) is 32.6. The Balaban J connectivity index is 1.86. The number of allylic oxidation sites excluding steroid dienone is 3. The standard InChI is InChI=1S/C25H31ClN2O4S/c1-18-15-19(2)24(26)21-16-20(27-32-17-22(29)28-10-13-33-14-11-28)9-7-5-3-4-6-8-12-31-25(30)23(18)21/h4,6-7,9,15H,3,5,8,10-14,16-17H2,1-2H3/b6-4+,9-7+,27-20-. The summed E-state index contributed by atoms with van der Waals surface area (Å²) in [5.74, 6) is 1.43. The number of ether oxygens (including phenoxy) is 1. The number of cyclic esters (lactones) is 1. The average molecular weight is 491 g/mol. The molecule has 0 saturated carbocycles. The van der Waals surface area contributed by atoms with Gasteiger partial charge in [-0.15, -0.1) is 0 Å². The molecule has 0 N–H and O–H groups in total. The summed E-state index contributed by atoms with van der Waals surface area (Å²) in [5.41, 5.74) is 3.42. The van der Waals surface area contributed by atoms with E-state index in [9.17, 15) is 9.59 Å². The first kappa shape index (κ1) is 25.4. The van der Waals surface area contributed by atoms with Crippen molar-refractivity contribution in [3.05, 3.63) is 57.6 Å². The molecule has 0 bridgehead atoms. The highest BCUT2D eigenvalue weighted by Gasteiger charge is 2.22. The van der Waals surface area contributed by atoms with Gasteiger partial charge in [-0.05, 0) is 55.9 Å². The van der Waals surface area contributed by atoms with Crippen molar-refractivity contribution in [3.8, 4) is 0 Å². The number of oxime groups is 1. The van der Waals surface area contributed by atoms with Crippen LogP contribution in [-0.4, -0.2) is 60.3 Å². The van der Waals surface area contributed by atoms with Crippen molar-refractivity contribution in [2.45, 2.75) is 39.5 Å². The Bertz CT molecular complexity index is 952. The fraction of sp³-hybridized carbons (Fsp3) is 0.480. The minimum absolute atomic E-state index is 0.0663. The SMILES string of the molecule is Cc1cc(C)c2c(c1Cl)CC(=N\OCC(=O)N1CCSCC1)/C=C/CC/C=C/CCOC2=O. The third-order valence-corrected chi connectivity index (χ3v) is 7.00. The number of halogens is 1. The molecule has 0 aromatic heterocycles. The van der Waals surface area contributed by atoms with Gasteiger partial charge in [0.25, 0.3) is 5.91 Å². The number of thioether (sulfide) groups is 1. The molecule has 0 atom stereocenters. The molecule has 6 nitrogen and oxygen atoms in total. The second-order valence-electron chi connectivity index (χ2n) is 8.08. The number of hydrogen-bond acceptors (Lipinski definition) is 6. The molecule has 2 aliphatic rings. The Labute approximate surface area is 205 Å². The summed E-state index contributed by atoms with van der Waals surface area (Å²) in [6.07, 6.45) is 10.7. The van der Waals surface area contributed by atoms with Crippen LogP contribution in [0, 0.1) is 13.8 Å². The molecule has 33 heavy (non-hydrogen) atoms. The van der Waals surface area contributed by atoms with Crippen molar-refractivity contribution in [2.75, 3.05) is 37.8 Å². The monoisotopic (exact) mass is 490 g/mol. The fourth-order valence-corrected chi connectivity index (χ4v) is 4.93. The molecule has 1 saturated heterocycles. The Morgan fingerprint density at radius 1 is 1.15 bits per heavy atom. The number of hydrogen-bond donors (Lipinski definition) is 0. The van der Waals surface area contributed by atoms with Crippen LogP contribution in [0.1, 0.15) is 46.3 Å². The van der Waals surface area contributed by atoms with Gasteiger partial charge in [0.2, 0.25) is 0 Å². The highest BCUT2D eigenvalue weighted by Crippen LogP contribution is 2.29. The molecule has 2 aliphatic heterocycles. The molecule has 1 aromatic rings. The van der Waals surface area contributed by atoms with E-state index >= 15 is 0 Å². The topological polar surface area (TPSA) is 68.2 Å². The van der Waals surface area contributed by atoms with Crippen LogP contribution in [0.25, 0.3) is 0 Å². The average Bonchev–Trinajstić information content (AvgIpc) is 2.80. The molecule has 0 radical (unpaired) electrons. The van der Waals surface area contributed by atoms with Crippen molar-refractivity contribution in [1.29, 1.82) is 0 Å². The normalized spacial score (nSPS) is 21.0. The number of amides is 1. The second kappa shape index (κ2) is 12.8. The Kier molecular flexibility index (Phi) is 9.88. The molecule has 0 unspecified atom stereocenters. The van der Waals surface area contributed by atoms with Gasteiger partial charge in [-0.1, -0.05) is 41.1 Å². The minimum Gasteiger partial charge on any atom is -0.462 e. The van der Waals surface area contributed by atoms with E-state index in [0.717, 1.165) is 48.6 Å². The number of fused-ring (bicyclic) bond motifs is 1. The number of carbonyl (C=O) groups is 2. The summed E-state index contributed by atoms with van der Waals surface area (Å²) in [6, 6.07) is 1.89. The van der Waals surface area contributed by atoms with Crippen molar-refractivity contribution in [3.63, 3.8) is 0 Å². The predicted molar refractivity (Wildman–Crippen MR) is 134 cm³/mol. The molecule has 0 aliphatic carbocycles. The maximum Gasteiger partial charge on any atom is 0.338 e. The van der Waals surface area contributed by atoms with E-state index in [1.54, 1.807) is 4.90 Å². The largest absolute Gasteiger partial charge is 0.462 e. The second-order valence-corrected chi connectivity index (χ2v) is 9.68. The van der Waals surface area contributed by atoms with Crippen LogP contribution >= 0.6 is 23.4 Å². The zero-order chi connectivity index (χ0) is 23.6. The van der Waals surface area contributed by atoms with Crippen LogP contribution in [0.15, 0.2) is 35.5 Å². The molecule has 0 spiro atoms. The summed E-state index contributed by atoms with van der Waals surface area (Å²) >= 11 is 8.50. The van der Waals surface area contributed by atoms with Crippen molar-refractivity contribution in [1.82, 2.24) is 4.90 Å². The van der Waals surface area contributed by atoms with Crippen molar-refractivity contribution < 1.29 is 19.2 Å². The van der Waals surface area contributed by atoms with E-state index in [1.165, 1.54) is 0 Å². The summed E-state index contributed by atoms with van der Waals surface area (Å²) in [7, 11) is 0.